The van der Waals surface area contributed by atoms with Crippen LogP contribution in [0.4, 0.5) is 4.39 Å². The molecule has 2 heterocycles. The van der Waals surface area contributed by atoms with Gasteiger partial charge in [-0.25, -0.2) is 4.39 Å². The maximum absolute atomic E-state index is 14.0. The van der Waals surface area contributed by atoms with Gasteiger partial charge in [-0.1, -0.05) is 53.2 Å². The van der Waals surface area contributed by atoms with Crippen LogP contribution < -0.4 is 0 Å². The summed E-state index contributed by atoms with van der Waals surface area (Å²) in [5, 5.41) is 4.57. The van der Waals surface area contributed by atoms with Crippen molar-refractivity contribution in [3.8, 4) is 11.4 Å². The van der Waals surface area contributed by atoms with Crippen LogP contribution in [0, 0.1) is 5.82 Å². The van der Waals surface area contributed by atoms with Gasteiger partial charge >= 0.3 is 0 Å². The average molecular weight is 415 g/mol. The zero-order chi connectivity index (χ0) is 20.1. The maximum Gasteiger partial charge on any atom is 0.227 e. The molecule has 1 aromatic heterocycles. The van der Waals surface area contributed by atoms with E-state index in [1.54, 1.807) is 12.1 Å². The van der Waals surface area contributed by atoms with Crippen molar-refractivity contribution >= 4 is 11.6 Å². The second kappa shape index (κ2) is 9.48. The first-order valence-corrected chi connectivity index (χ1v) is 10.3. The largest absolute Gasteiger partial charge is 0.339 e. The minimum absolute atomic E-state index is 0.227. The van der Waals surface area contributed by atoms with Crippen LogP contribution in [0.3, 0.4) is 0 Å². The van der Waals surface area contributed by atoms with Crippen LogP contribution in [0.5, 0.6) is 0 Å². The Kier molecular flexibility index (Phi) is 6.54. The number of piperazine rings is 1. The molecular formula is C22H24ClFN4O. The van der Waals surface area contributed by atoms with E-state index in [1.165, 1.54) is 6.07 Å². The standard InChI is InChI=1S/C22H24ClFN4O/c23-19-8-4-9-20(24)18(19)16-28-14-12-27(13-15-28)11-5-10-21-25-22(26-29-21)17-6-2-1-3-7-17/h1-4,6-9H,5,10-16H2. The SMILES string of the molecule is Fc1cccc(Cl)c1CN1CCN(CCCc2nc(-c3ccccc3)no2)CC1. The van der Waals surface area contributed by atoms with Crippen LogP contribution in [0.2, 0.25) is 5.02 Å². The highest BCUT2D eigenvalue weighted by molar-refractivity contribution is 6.31. The summed E-state index contributed by atoms with van der Waals surface area (Å²) in [7, 11) is 0. The molecule has 0 amide bonds. The number of hydrogen-bond acceptors (Lipinski definition) is 5. The van der Waals surface area contributed by atoms with E-state index in [9.17, 15) is 4.39 Å². The summed E-state index contributed by atoms with van der Waals surface area (Å²) in [6.45, 7) is 5.28. The first-order valence-electron chi connectivity index (χ1n) is 9.94. The van der Waals surface area contributed by atoms with E-state index in [0.717, 1.165) is 51.1 Å². The summed E-state index contributed by atoms with van der Waals surface area (Å²) in [5.74, 6) is 1.09. The minimum Gasteiger partial charge on any atom is -0.339 e. The molecule has 7 heteroatoms. The minimum atomic E-state index is -0.227. The van der Waals surface area contributed by atoms with E-state index >= 15 is 0 Å². The zero-order valence-electron chi connectivity index (χ0n) is 16.2. The van der Waals surface area contributed by atoms with Crippen molar-refractivity contribution < 1.29 is 8.91 Å². The Morgan fingerprint density at radius 3 is 2.48 bits per heavy atom. The lowest BCUT2D eigenvalue weighted by Gasteiger charge is -2.34. The predicted molar refractivity (Wildman–Crippen MR) is 111 cm³/mol. The Hall–Kier alpha value is -2.28. The normalized spacial score (nSPS) is 15.7. The number of benzene rings is 2. The van der Waals surface area contributed by atoms with Gasteiger partial charge in [0, 0.05) is 55.3 Å². The molecule has 4 rings (SSSR count). The third kappa shape index (κ3) is 5.21. The lowest BCUT2D eigenvalue weighted by molar-refractivity contribution is 0.124. The molecule has 1 aliphatic heterocycles. The number of nitrogens with zero attached hydrogens (tertiary/aromatic N) is 4. The number of aryl methyl sites for hydroxylation is 1. The highest BCUT2D eigenvalue weighted by atomic mass is 35.5. The monoisotopic (exact) mass is 414 g/mol. The van der Waals surface area contributed by atoms with Crippen LogP contribution in [0.25, 0.3) is 11.4 Å². The molecule has 0 N–H and O–H groups in total. The Morgan fingerprint density at radius 1 is 0.966 bits per heavy atom. The molecule has 1 fully saturated rings. The third-order valence-corrected chi connectivity index (χ3v) is 5.63. The molecule has 0 bridgehead atoms. The van der Waals surface area contributed by atoms with Crippen molar-refractivity contribution in [2.75, 3.05) is 32.7 Å². The molecule has 2 aromatic carbocycles. The van der Waals surface area contributed by atoms with Crippen LogP contribution in [-0.2, 0) is 13.0 Å². The van der Waals surface area contributed by atoms with E-state index in [2.05, 4.69) is 19.9 Å². The fourth-order valence-corrected chi connectivity index (χ4v) is 3.82. The fraction of sp³-hybridized carbons (Fsp3) is 0.364. The Bertz CT molecular complexity index is 905. The summed E-state index contributed by atoms with van der Waals surface area (Å²) in [5.41, 5.74) is 1.56. The molecule has 5 nitrogen and oxygen atoms in total. The van der Waals surface area contributed by atoms with Crippen molar-refractivity contribution in [2.24, 2.45) is 0 Å². The fourth-order valence-electron chi connectivity index (χ4n) is 3.59. The number of halogens is 2. The Morgan fingerprint density at radius 2 is 1.72 bits per heavy atom. The highest BCUT2D eigenvalue weighted by Gasteiger charge is 2.19. The van der Waals surface area contributed by atoms with E-state index in [1.807, 2.05) is 30.3 Å². The second-order valence-electron chi connectivity index (χ2n) is 7.30. The topological polar surface area (TPSA) is 45.4 Å². The van der Waals surface area contributed by atoms with E-state index in [-0.39, 0.29) is 5.82 Å². The summed E-state index contributed by atoms with van der Waals surface area (Å²) in [6.07, 6.45) is 1.74. The molecule has 0 aliphatic carbocycles. The molecule has 1 aliphatic rings. The van der Waals surface area contributed by atoms with E-state index in [0.29, 0.717) is 28.8 Å². The van der Waals surface area contributed by atoms with Gasteiger partial charge in [0.25, 0.3) is 0 Å². The maximum atomic E-state index is 14.0. The first kappa shape index (κ1) is 20.0. The summed E-state index contributed by atoms with van der Waals surface area (Å²) < 4.78 is 19.4. The summed E-state index contributed by atoms with van der Waals surface area (Å²) in [4.78, 5) is 9.17. The molecule has 1 saturated heterocycles. The molecule has 0 atom stereocenters. The molecule has 29 heavy (non-hydrogen) atoms. The number of hydrogen-bond donors (Lipinski definition) is 0. The van der Waals surface area contributed by atoms with Gasteiger partial charge in [-0.3, -0.25) is 4.90 Å². The van der Waals surface area contributed by atoms with E-state index in [4.69, 9.17) is 16.1 Å². The molecule has 3 aromatic rings. The van der Waals surface area contributed by atoms with Crippen molar-refractivity contribution in [2.45, 2.75) is 19.4 Å². The van der Waals surface area contributed by atoms with Gasteiger partial charge in [0.2, 0.25) is 11.7 Å². The van der Waals surface area contributed by atoms with Gasteiger partial charge in [-0.2, -0.15) is 4.98 Å². The first-order chi connectivity index (χ1) is 14.2. The number of aromatic nitrogens is 2. The third-order valence-electron chi connectivity index (χ3n) is 5.27. The van der Waals surface area contributed by atoms with Gasteiger partial charge < -0.3 is 9.42 Å². The Labute approximate surface area is 175 Å². The summed E-state index contributed by atoms with van der Waals surface area (Å²) >= 11 is 6.15. The molecule has 0 saturated carbocycles. The molecule has 0 unspecified atom stereocenters. The smallest absolute Gasteiger partial charge is 0.227 e. The van der Waals surface area contributed by atoms with Crippen LogP contribution >= 0.6 is 11.6 Å². The van der Waals surface area contributed by atoms with Crippen molar-refractivity contribution in [3.05, 3.63) is 70.8 Å². The lowest BCUT2D eigenvalue weighted by atomic mass is 10.1. The van der Waals surface area contributed by atoms with Crippen LogP contribution in [0.15, 0.2) is 53.1 Å². The van der Waals surface area contributed by atoms with Gasteiger partial charge in [0.05, 0.1) is 0 Å². The number of rotatable bonds is 7. The van der Waals surface area contributed by atoms with Crippen molar-refractivity contribution in [1.29, 1.82) is 0 Å². The van der Waals surface area contributed by atoms with Crippen LogP contribution in [0.1, 0.15) is 17.9 Å². The highest BCUT2D eigenvalue weighted by Crippen LogP contribution is 2.21. The average Bonchev–Trinajstić information content (AvgIpc) is 3.22. The molecular weight excluding hydrogens is 391 g/mol. The second-order valence-corrected chi connectivity index (χ2v) is 7.71. The Balaban J connectivity index is 1.20. The van der Waals surface area contributed by atoms with Gasteiger partial charge in [-0.15, -0.1) is 0 Å². The summed E-state index contributed by atoms with van der Waals surface area (Å²) in [6, 6.07) is 14.7. The van der Waals surface area contributed by atoms with Gasteiger partial charge in [0.15, 0.2) is 0 Å². The van der Waals surface area contributed by atoms with Crippen LogP contribution in [-0.4, -0.2) is 52.7 Å². The zero-order valence-corrected chi connectivity index (χ0v) is 17.0. The van der Waals surface area contributed by atoms with Gasteiger partial charge in [0.1, 0.15) is 5.82 Å². The predicted octanol–water partition coefficient (Wildman–Crippen LogP) is 4.28. The van der Waals surface area contributed by atoms with Crippen molar-refractivity contribution in [3.63, 3.8) is 0 Å². The quantitative estimate of drug-likeness (QED) is 0.577. The van der Waals surface area contributed by atoms with Crippen molar-refractivity contribution in [1.82, 2.24) is 19.9 Å². The van der Waals surface area contributed by atoms with Gasteiger partial charge in [-0.05, 0) is 25.1 Å². The molecule has 0 radical (unpaired) electrons. The van der Waals surface area contributed by atoms with E-state index < -0.39 is 0 Å². The molecule has 0 spiro atoms. The lowest BCUT2D eigenvalue weighted by Crippen LogP contribution is -2.46. The molecule has 152 valence electrons.